The summed E-state index contributed by atoms with van der Waals surface area (Å²) in [6.07, 6.45) is 4.00. The topological polar surface area (TPSA) is 55.4 Å². The van der Waals surface area contributed by atoms with Crippen molar-refractivity contribution in [3.8, 4) is 0 Å². The number of nitrogens with one attached hydrogen (secondary N) is 1. The van der Waals surface area contributed by atoms with Crippen LogP contribution in [-0.4, -0.2) is 25.5 Å². The molecule has 4 heteroatoms. The summed E-state index contributed by atoms with van der Waals surface area (Å²) in [4.78, 5) is 23.0. The molecule has 96 valence electrons. The van der Waals surface area contributed by atoms with E-state index in [0.29, 0.717) is 12.1 Å². The molecule has 1 amide bonds. The van der Waals surface area contributed by atoms with E-state index in [9.17, 15) is 9.59 Å². The van der Waals surface area contributed by atoms with Gasteiger partial charge in [-0.3, -0.25) is 9.59 Å². The highest BCUT2D eigenvalue weighted by Crippen LogP contribution is 2.30. The lowest BCUT2D eigenvalue weighted by Crippen LogP contribution is -2.37. The molecule has 0 heterocycles. The summed E-state index contributed by atoms with van der Waals surface area (Å²) in [5, 5.41) is 2.81. The van der Waals surface area contributed by atoms with Gasteiger partial charge < -0.3 is 10.1 Å². The monoisotopic (exact) mass is 239 g/mol. The van der Waals surface area contributed by atoms with E-state index < -0.39 is 0 Å². The average molecular weight is 239 g/mol. The Kier molecular flexibility index (Phi) is 5.19. The van der Waals surface area contributed by atoms with Gasteiger partial charge in [-0.1, -0.05) is 19.4 Å². The molecule has 0 saturated heterocycles. The fraction of sp³-hybridized carbons (Fsp3) is 0.692. The Hall–Kier alpha value is -1.32. The summed E-state index contributed by atoms with van der Waals surface area (Å²) < 4.78 is 4.80. The molecule has 0 spiro atoms. The van der Waals surface area contributed by atoms with Gasteiger partial charge in [0, 0.05) is 12.1 Å². The number of esters is 1. The predicted octanol–water partition coefficient (Wildman–Crippen LogP) is 1.66. The summed E-state index contributed by atoms with van der Waals surface area (Å²) in [6, 6.07) is 0. The summed E-state index contributed by atoms with van der Waals surface area (Å²) in [5.41, 5.74) is 0.496. The lowest BCUT2D eigenvalue weighted by molar-refractivity contribution is -0.148. The zero-order valence-electron chi connectivity index (χ0n) is 10.6. The van der Waals surface area contributed by atoms with E-state index in [0.717, 1.165) is 25.7 Å². The Bertz CT molecular complexity index is 312. The zero-order chi connectivity index (χ0) is 12.8. The van der Waals surface area contributed by atoms with E-state index >= 15 is 0 Å². The summed E-state index contributed by atoms with van der Waals surface area (Å²) in [6.45, 7) is 5.79. The Morgan fingerprint density at radius 3 is 2.59 bits per heavy atom. The maximum atomic E-state index is 11.6. The molecular weight excluding hydrogens is 218 g/mol. The van der Waals surface area contributed by atoms with Crippen molar-refractivity contribution in [3.63, 3.8) is 0 Å². The van der Waals surface area contributed by atoms with Gasteiger partial charge in [0.2, 0.25) is 5.91 Å². The molecule has 2 unspecified atom stereocenters. The van der Waals surface area contributed by atoms with Crippen molar-refractivity contribution in [1.82, 2.24) is 5.32 Å². The van der Waals surface area contributed by atoms with Crippen molar-refractivity contribution in [2.75, 3.05) is 13.7 Å². The maximum absolute atomic E-state index is 11.6. The molecule has 0 aromatic carbocycles. The number of carbonyl (C=O) groups excluding carboxylic acids is 2. The van der Waals surface area contributed by atoms with Crippen molar-refractivity contribution in [2.24, 2.45) is 11.8 Å². The van der Waals surface area contributed by atoms with Crippen LogP contribution in [0.4, 0.5) is 0 Å². The fourth-order valence-corrected chi connectivity index (χ4v) is 2.29. The van der Waals surface area contributed by atoms with Gasteiger partial charge in [0.15, 0.2) is 0 Å². The Balaban J connectivity index is 2.51. The van der Waals surface area contributed by atoms with E-state index in [1.54, 1.807) is 6.92 Å². The van der Waals surface area contributed by atoms with Crippen LogP contribution in [0.15, 0.2) is 12.2 Å². The van der Waals surface area contributed by atoms with Crippen LogP contribution in [0, 0.1) is 11.8 Å². The minimum atomic E-state index is -0.153. The molecule has 1 aliphatic carbocycles. The van der Waals surface area contributed by atoms with Gasteiger partial charge in [-0.15, -0.1) is 0 Å². The molecule has 1 aliphatic rings. The molecule has 0 radical (unpaired) electrons. The molecular formula is C13H21NO3. The van der Waals surface area contributed by atoms with Gasteiger partial charge >= 0.3 is 5.97 Å². The largest absolute Gasteiger partial charge is 0.469 e. The van der Waals surface area contributed by atoms with Gasteiger partial charge in [-0.05, 0) is 25.7 Å². The smallest absolute Gasteiger partial charge is 0.309 e. The predicted molar refractivity (Wildman–Crippen MR) is 65.3 cm³/mol. The normalized spacial score (nSPS) is 23.9. The van der Waals surface area contributed by atoms with Crippen LogP contribution in [0.2, 0.25) is 0 Å². The number of hydrogen-bond donors (Lipinski definition) is 1. The van der Waals surface area contributed by atoms with E-state index in [-0.39, 0.29) is 23.7 Å². The van der Waals surface area contributed by atoms with Crippen LogP contribution in [0.1, 0.15) is 32.6 Å². The first-order valence-electron chi connectivity index (χ1n) is 6.07. The SMILES string of the molecule is C=C(C)C(=O)NCC1CCCCC1C(=O)OC. The summed E-state index contributed by atoms with van der Waals surface area (Å²) >= 11 is 0. The number of methoxy groups -OCH3 is 1. The zero-order valence-corrected chi connectivity index (χ0v) is 10.6. The molecule has 0 aliphatic heterocycles. The Morgan fingerprint density at radius 1 is 1.35 bits per heavy atom. The van der Waals surface area contributed by atoms with Gasteiger partial charge in [-0.2, -0.15) is 0 Å². The first-order valence-corrected chi connectivity index (χ1v) is 6.07. The van der Waals surface area contributed by atoms with Crippen LogP contribution in [0.25, 0.3) is 0 Å². The number of hydrogen-bond acceptors (Lipinski definition) is 3. The molecule has 0 aromatic rings. The third-order valence-electron chi connectivity index (χ3n) is 3.33. The van der Waals surface area contributed by atoms with Gasteiger partial charge in [0.05, 0.1) is 13.0 Å². The van der Waals surface area contributed by atoms with Gasteiger partial charge in [0.1, 0.15) is 0 Å². The molecule has 1 fully saturated rings. The third-order valence-corrected chi connectivity index (χ3v) is 3.33. The van der Waals surface area contributed by atoms with E-state index in [4.69, 9.17) is 4.74 Å². The molecule has 1 saturated carbocycles. The first-order chi connectivity index (χ1) is 8.06. The quantitative estimate of drug-likeness (QED) is 0.599. The molecule has 1 N–H and O–H groups in total. The minimum Gasteiger partial charge on any atom is -0.469 e. The fourth-order valence-electron chi connectivity index (χ4n) is 2.29. The molecule has 2 atom stereocenters. The minimum absolute atomic E-state index is 0.0702. The van der Waals surface area contributed by atoms with Gasteiger partial charge in [-0.25, -0.2) is 0 Å². The number of ether oxygens (including phenoxy) is 1. The summed E-state index contributed by atoms with van der Waals surface area (Å²) in [5.74, 6) is -0.169. The number of rotatable bonds is 4. The lowest BCUT2D eigenvalue weighted by atomic mass is 9.79. The first kappa shape index (κ1) is 13.7. The van der Waals surface area contributed by atoms with Crippen molar-refractivity contribution in [2.45, 2.75) is 32.6 Å². The van der Waals surface area contributed by atoms with Gasteiger partial charge in [0.25, 0.3) is 0 Å². The van der Waals surface area contributed by atoms with Crippen LogP contribution in [0.3, 0.4) is 0 Å². The van der Waals surface area contributed by atoms with E-state index in [1.807, 2.05) is 0 Å². The number of carbonyl (C=O) groups is 2. The van der Waals surface area contributed by atoms with Crippen molar-refractivity contribution in [1.29, 1.82) is 0 Å². The second kappa shape index (κ2) is 6.42. The van der Waals surface area contributed by atoms with Crippen molar-refractivity contribution >= 4 is 11.9 Å². The number of amides is 1. The second-order valence-electron chi connectivity index (χ2n) is 4.66. The molecule has 1 rings (SSSR count). The Labute approximate surface area is 102 Å². The van der Waals surface area contributed by atoms with Crippen LogP contribution >= 0.6 is 0 Å². The highest BCUT2D eigenvalue weighted by atomic mass is 16.5. The van der Waals surface area contributed by atoms with Crippen LogP contribution in [0.5, 0.6) is 0 Å². The van der Waals surface area contributed by atoms with E-state index in [2.05, 4.69) is 11.9 Å². The highest BCUT2D eigenvalue weighted by Gasteiger charge is 2.31. The van der Waals surface area contributed by atoms with Crippen LogP contribution in [-0.2, 0) is 14.3 Å². The molecule has 0 bridgehead atoms. The average Bonchev–Trinajstić information content (AvgIpc) is 2.35. The lowest BCUT2D eigenvalue weighted by Gasteiger charge is -2.29. The standard InChI is InChI=1S/C13H21NO3/c1-9(2)12(15)14-8-10-6-4-5-7-11(10)13(16)17-3/h10-11H,1,4-8H2,2-3H3,(H,14,15). The van der Waals surface area contributed by atoms with Crippen molar-refractivity contribution in [3.05, 3.63) is 12.2 Å². The molecule has 4 nitrogen and oxygen atoms in total. The van der Waals surface area contributed by atoms with Crippen LogP contribution < -0.4 is 5.32 Å². The summed E-state index contributed by atoms with van der Waals surface area (Å²) in [7, 11) is 1.42. The highest BCUT2D eigenvalue weighted by molar-refractivity contribution is 5.92. The van der Waals surface area contributed by atoms with Crippen molar-refractivity contribution < 1.29 is 14.3 Å². The molecule has 0 aromatic heterocycles. The Morgan fingerprint density at radius 2 is 2.00 bits per heavy atom. The molecule has 17 heavy (non-hydrogen) atoms. The second-order valence-corrected chi connectivity index (χ2v) is 4.66. The maximum Gasteiger partial charge on any atom is 0.309 e. The third kappa shape index (κ3) is 3.88. The van der Waals surface area contributed by atoms with E-state index in [1.165, 1.54) is 7.11 Å².